The molecule has 0 aliphatic carbocycles. The standard InChI is InChI=1S/C10H7FN2/c1-12-6-5-8-3-4-9(13-2)7-10(8)11/h3-4,7H,5-6H2. The van der Waals surface area contributed by atoms with E-state index in [1.54, 1.807) is 12.1 Å². The molecular formula is C10H7FN2. The van der Waals surface area contributed by atoms with Gasteiger partial charge in [0.15, 0.2) is 5.69 Å². The molecule has 13 heavy (non-hydrogen) atoms. The third-order valence-electron chi connectivity index (χ3n) is 1.66. The van der Waals surface area contributed by atoms with Crippen molar-refractivity contribution in [3.05, 3.63) is 52.4 Å². The minimum absolute atomic E-state index is 0.286. The van der Waals surface area contributed by atoms with Gasteiger partial charge in [0.05, 0.1) is 6.57 Å². The summed E-state index contributed by atoms with van der Waals surface area (Å²) in [5.74, 6) is -0.392. The Bertz CT molecular complexity index is 385. The van der Waals surface area contributed by atoms with Gasteiger partial charge in [-0.2, -0.15) is 0 Å². The summed E-state index contributed by atoms with van der Waals surface area (Å²) >= 11 is 0. The summed E-state index contributed by atoms with van der Waals surface area (Å²) < 4.78 is 13.1. The Hall–Kier alpha value is -1.87. The molecule has 0 saturated carbocycles. The maximum Gasteiger partial charge on any atom is 0.218 e. The summed E-state index contributed by atoms with van der Waals surface area (Å²) in [6.45, 7) is 13.5. The molecule has 0 fully saturated rings. The molecule has 0 N–H and O–H groups in total. The fourth-order valence-corrected chi connectivity index (χ4v) is 0.985. The van der Waals surface area contributed by atoms with E-state index >= 15 is 0 Å². The highest BCUT2D eigenvalue weighted by molar-refractivity contribution is 5.46. The number of benzene rings is 1. The van der Waals surface area contributed by atoms with Gasteiger partial charge in [0.1, 0.15) is 5.82 Å². The van der Waals surface area contributed by atoms with Crippen molar-refractivity contribution in [1.29, 1.82) is 0 Å². The molecule has 1 rings (SSSR count). The second-order valence-corrected chi connectivity index (χ2v) is 2.52. The normalized spacial score (nSPS) is 8.85. The van der Waals surface area contributed by atoms with E-state index in [-0.39, 0.29) is 6.54 Å². The van der Waals surface area contributed by atoms with E-state index in [9.17, 15) is 4.39 Å². The van der Waals surface area contributed by atoms with Crippen molar-refractivity contribution in [3.8, 4) is 0 Å². The molecule has 0 aromatic heterocycles. The minimum atomic E-state index is -0.392. The van der Waals surface area contributed by atoms with E-state index in [2.05, 4.69) is 9.69 Å². The third-order valence-corrected chi connectivity index (χ3v) is 1.66. The second-order valence-electron chi connectivity index (χ2n) is 2.52. The van der Waals surface area contributed by atoms with Crippen LogP contribution in [0.3, 0.4) is 0 Å². The molecule has 0 aliphatic heterocycles. The van der Waals surface area contributed by atoms with Crippen molar-refractivity contribution in [2.75, 3.05) is 6.54 Å². The van der Waals surface area contributed by atoms with Crippen LogP contribution >= 0.6 is 0 Å². The van der Waals surface area contributed by atoms with Gasteiger partial charge in [0, 0.05) is 6.42 Å². The smallest absolute Gasteiger partial charge is 0.218 e. The van der Waals surface area contributed by atoms with Crippen LogP contribution in [0.15, 0.2) is 18.2 Å². The first-order chi connectivity index (χ1) is 6.27. The zero-order chi connectivity index (χ0) is 9.68. The number of halogens is 1. The van der Waals surface area contributed by atoms with E-state index < -0.39 is 5.82 Å². The lowest BCUT2D eigenvalue weighted by Crippen LogP contribution is -1.91. The molecular weight excluding hydrogens is 167 g/mol. The highest BCUT2D eigenvalue weighted by Crippen LogP contribution is 2.17. The van der Waals surface area contributed by atoms with Crippen LogP contribution in [0, 0.1) is 19.0 Å². The highest BCUT2D eigenvalue weighted by atomic mass is 19.1. The van der Waals surface area contributed by atoms with E-state index in [0.717, 1.165) is 0 Å². The summed E-state index contributed by atoms with van der Waals surface area (Å²) in [6.07, 6.45) is 0.410. The first-order valence-corrected chi connectivity index (χ1v) is 3.77. The lowest BCUT2D eigenvalue weighted by molar-refractivity contribution is 0.612. The van der Waals surface area contributed by atoms with Crippen molar-refractivity contribution >= 4 is 5.69 Å². The molecule has 0 aliphatic rings. The van der Waals surface area contributed by atoms with Gasteiger partial charge in [0.25, 0.3) is 0 Å². The minimum Gasteiger partial charge on any atom is -0.317 e. The van der Waals surface area contributed by atoms with Gasteiger partial charge in [-0.05, 0) is 11.6 Å². The average Bonchev–Trinajstić information content (AvgIpc) is 2.16. The fraction of sp³-hybridized carbons (Fsp3) is 0.200. The summed E-state index contributed by atoms with van der Waals surface area (Å²) in [6, 6.07) is 4.33. The fourth-order valence-electron chi connectivity index (χ4n) is 0.985. The summed E-state index contributed by atoms with van der Waals surface area (Å²) in [5, 5.41) is 0. The number of rotatable bonds is 2. The monoisotopic (exact) mass is 174 g/mol. The SMILES string of the molecule is [C-]#[N+]CCc1ccc([N+]#[C-])cc1F. The summed E-state index contributed by atoms with van der Waals surface area (Å²) in [4.78, 5) is 6.24. The van der Waals surface area contributed by atoms with Crippen molar-refractivity contribution < 1.29 is 4.39 Å². The van der Waals surface area contributed by atoms with Crippen LogP contribution in [0.1, 0.15) is 5.56 Å². The van der Waals surface area contributed by atoms with Gasteiger partial charge >= 0.3 is 0 Å². The second kappa shape index (κ2) is 4.23. The van der Waals surface area contributed by atoms with Gasteiger partial charge in [-0.25, -0.2) is 15.8 Å². The molecule has 0 heterocycles. The topological polar surface area (TPSA) is 8.72 Å². The van der Waals surface area contributed by atoms with E-state index in [1.165, 1.54) is 6.07 Å². The Kier molecular flexibility index (Phi) is 3.00. The van der Waals surface area contributed by atoms with Crippen molar-refractivity contribution in [2.45, 2.75) is 6.42 Å². The molecule has 1 aromatic rings. The number of hydrogen-bond donors (Lipinski definition) is 0. The Morgan fingerprint density at radius 2 is 2.08 bits per heavy atom. The van der Waals surface area contributed by atoms with Gasteiger partial charge in [-0.1, -0.05) is 12.1 Å². The Labute approximate surface area is 76.3 Å². The summed E-state index contributed by atoms with van der Waals surface area (Å²) in [7, 11) is 0. The van der Waals surface area contributed by atoms with Gasteiger partial charge in [-0.3, -0.25) is 0 Å². The molecule has 0 amide bonds. The average molecular weight is 174 g/mol. The zero-order valence-corrected chi connectivity index (χ0v) is 6.92. The predicted molar refractivity (Wildman–Crippen MR) is 47.8 cm³/mol. The Morgan fingerprint density at radius 1 is 1.31 bits per heavy atom. The lowest BCUT2D eigenvalue weighted by atomic mass is 10.1. The molecule has 0 saturated heterocycles. The number of hydrogen-bond acceptors (Lipinski definition) is 0. The maximum atomic E-state index is 13.1. The lowest BCUT2D eigenvalue weighted by Gasteiger charge is -1.98. The van der Waals surface area contributed by atoms with Gasteiger partial charge in [0.2, 0.25) is 6.54 Å². The molecule has 0 radical (unpaired) electrons. The van der Waals surface area contributed by atoms with E-state index in [4.69, 9.17) is 13.1 Å². The molecule has 1 aromatic carbocycles. The van der Waals surface area contributed by atoms with Crippen molar-refractivity contribution in [2.24, 2.45) is 0 Å². The van der Waals surface area contributed by atoms with Gasteiger partial charge < -0.3 is 4.85 Å². The van der Waals surface area contributed by atoms with Crippen LogP contribution in [-0.4, -0.2) is 6.54 Å². The Morgan fingerprint density at radius 3 is 2.62 bits per heavy atom. The first-order valence-electron chi connectivity index (χ1n) is 3.77. The highest BCUT2D eigenvalue weighted by Gasteiger charge is 2.03. The van der Waals surface area contributed by atoms with Crippen LogP contribution in [0.25, 0.3) is 9.69 Å². The zero-order valence-electron chi connectivity index (χ0n) is 6.92. The van der Waals surface area contributed by atoms with Gasteiger partial charge in [-0.15, -0.1) is 0 Å². The predicted octanol–water partition coefficient (Wildman–Crippen LogP) is 2.84. The van der Waals surface area contributed by atoms with Crippen LogP contribution < -0.4 is 0 Å². The molecule has 0 unspecified atom stereocenters. The number of nitrogens with zero attached hydrogens (tertiary/aromatic N) is 2. The molecule has 0 atom stereocenters. The Balaban J connectivity index is 2.88. The molecule has 64 valence electrons. The summed E-state index contributed by atoms with van der Waals surface area (Å²) in [5.41, 5.74) is 0.799. The van der Waals surface area contributed by atoms with Crippen LogP contribution in [0.5, 0.6) is 0 Å². The molecule has 0 spiro atoms. The largest absolute Gasteiger partial charge is 0.317 e. The van der Waals surface area contributed by atoms with Crippen LogP contribution in [0.4, 0.5) is 10.1 Å². The molecule has 0 bridgehead atoms. The van der Waals surface area contributed by atoms with Crippen molar-refractivity contribution in [1.82, 2.24) is 0 Å². The van der Waals surface area contributed by atoms with E-state index in [0.29, 0.717) is 17.7 Å². The van der Waals surface area contributed by atoms with Crippen molar-refractivity contribution in [3.63, 3.8) is 0 Å². The van der Waals surface area contributed by atoms with Crippen LogP contribution in [-0.2, 0) is 6.42 Å². The van der Waals surface area contributed by atoms with E-state index in [1.807, 2.05) is 0 Å². The maximum absolute atomic E-state index is 13.1. The third kappa shape index (κ3) is 2.28. The van der Waals surface area contributed by atoms with Crippen LogP contribution in [0.2, 0.25) is 0 Å². The molecule has 3 heteroatoms. The molecule has 2 nitrogen and oxygen atoms in total. The quantitative estimate of drug-likeness (QED) is 0.609. The first kappa shape index (κ1) is 9.22.